The summed E-state index contributed by atoms with van der Waals surface area (Å²) in [4.78, 5) is 17.1. The number of rotatable bonds is 7. The zero-order valence-electron chi connectivity index (χ0n) is 17.4. The zero-order chi connectivity index (χ0) is 19.9. The summed E-state index contributed by atoms with van der Waals surface area (Å²) in [6, 6.07) is 12.4. The third-order valence-electron chi connectivity index (χ3n) is 5.35. The molecule has 3 rings (SSSR count). The van der Waals surface area contributed by atoms with Crippen LogP contribution >= 0.6 is 0 Å². The summed E-state index contributed by atoms with van der Waals surface area (Å²) < 4.78 is 5.67. The van der Waals surface area contributed by atoms with Crippen LogP contribution in [0.15, 0.2) is 40.8 Å². The van der Waals surface area contributed by atoms with E-state index in [0.29, 0.717) is 13.1 Å². The van der Waals surface area contributed by atoms with Gasteiger partial charge in [0.1, 0.15) is 11.5 Å². The monoisotopic (exact) mass is 383 g/mol. The minimum absolute atomic E-state index is 0.000462. The normalized spacial score (nSPS) is 15.1. The topological polar surface area (TPSA) is 48.7 Å². The highest BCUT2D eigenvalue weighted by atomic mass is 16.3. The van der Waals surface area contributed by atoms with Crippen molar-refractivity contribution in [3.8, 4) is 0 Å². The van der Waals surface area contributed by atoms with E-state index in [1.54, 1.807) is 0 Å². The lowest BCUT2D eigenvalue weighted by Gasteiger charge is -2.25. The Bertz CT molecular complexity index is 743. The molecular weight excluding hydrogens is 350 g/mol. The molecule has 1 amide bonds. The smallest absolute Gasteiger partial charge is 0.238 e. The number of amides is 1. The van der Waals surface area contributed by atoms with Crippen LogP contribution < -0.4 is 10.2 Å². The minimum Gasteiger partial charge on any atom is -0.465 e. The van der Waals surface area contributed by atoms with Gasteiger partial charge in [-0.1, -0.05) is 12.8 Å². The van der Waals surface area contributed by atoms with Gasteiger partial charge in [-0.15, -0.1) is 0 Å². The lowest BCUT2D eigenvalue weighted by Crippen LogP contribution is -2.37. The second-order valence-corrected chi connectivity index (χ2v) is 8.01. The van der Waals surface area contributed by atoms with Crippen LogP contribution in [0.1, 0.15) is 51.1 Å². The first-order valence-corrected chi connectivity index (χ1v) is 10.5. The Balaban J connectivity index is 1.55. The van der Waals surface area contributed by atoms with Crippen molar-refractivity contribution in [2.75, 3.05) is 29.9 Å². The maximum atomic E-state index is 12.6. The maximum absolute atomic E-state index is 12.6. The van der Waals surface area contributed by atoms with Crippen LogP contribution in [0.3, 0.4) is 0 Å². The number of aryl methyl sites for hydroxylation is 1. The van der Waals surface area contributed by atoms with Crippen LogP contribution in [0.5, 0.6) is 0 Å². The van der Waals surface area contributed by atoms with Crippen LogP contribution in [-0.2, 0) is 11.3 Å². The van der Waals surface area contributed by atoms with Crippen molar-refractivity contribution in [3.05, 3.63) is 47.9 Å². The molecule has 152 valence electrons. The van der Waals surface area contributed by atoms with Crippen molar-refractivity contribution < 1.29 is 9.21 Å². The maximum Gasteiger partial charge on any atom is 0.238 e. The quantitative estimate of drug-likeness (QED) is 0.745. The Morgan fingerprint density at radius 3 is 2.32 bits per heavy atom. The molecule has 1 aromatic carbocycles. The van der Waals surface area contributed by atoms with E-state index >= 15 is 0 Å². The highest BCUT2D eigenvalue weighted by Gasteiger charge is 2.16. The molecule has 5 nitrogen and oxygen atoms in total. The number of carbonyl (C=O) groups is 1. The molecule has 0 radical (unpaired) electrons. The van der Waals surface area contributed by atoms with Crippen molar-refractivity contribution >= 4 is 17.3 Å². The third-order valence-corrected chi connectivity index (χ3v) is 5.35. The Labute approximate surface area is 168 Å². The van der Waals surface area contributed by atoms with Gasteiger partial charge in [0, 0.05) is 30.5 Å². The third kappa shape index (κ3) is 5.86. The SMILES string of the molecule is Cc1ccc(CN(CC(=O)Nc2ccc(N3CCCCCC3)cc2)C(C)C)o1. The fraction of sp³-hybridized carbons (Fsp3) is 0.522. The summed E-state index contributed by atoms with van der Waals surface area (Å²) in [5.74, 6) is 1.79. The van der Waals surface area contributed by atoms with E-state index in [-0.39, 0.29) is 11.9 Å². The number of hydrogen-bond donors (Lipinski definition) is 1. The number of anilines is 2. The summed E-state index contributed by atoms with van der Waals surface area (Å²) in [5.41, 5.74) is 2.10. The molecule has 1 fully saturated rings. The van der Waals surface area contributed by atoms with Gasteiger partial charge in [0.05, 0.1) is 13.1 Å². The molecule has 0 spiro atoms. The van der Waals surface area contributed by atoms with Crippen molar-refractivity contribution in [3.63, 3.8) is 0 Å². The van der Waals surface area contributed by atoms with Crippen LogP contribution in [0.2, 0.25) is 0 Å². The highest BCUT2D eigenvalue weighted by molar-refractivity contribution is 5.92. The van der Waals surface area contributed by atoms with E-state index in [9.17, 15) is 4.79 Å². The zero-order valence-corrected chi connectivity index (χ0v) is 17.4. The average molecular weight is 384 g/mol. The van der Waals surface area contributed by atoms with E-state index < -0.39 is 0 Å². The number of benzene rings is 1. The van der Waals surface area contributed by atoms with E-state index in [4.69, 9.17) is 4.42 Å². The van der Waals surface area contributed by atoms with Crippen LogP contribution in [0.4, 0.5) is 11.4 Å². The first-order chi connectivity index (χ1) is 13.5. The van der Waals surface area contributed by atoms with Gasteiger partial charge in [-0.25, -0.2) is 0 Å². The summed E-state index contributed by atoms with van der Waals surface area (Å²) in [7, 11) is 0. The molecule has 0 unspecified atom stereocenters. The second kappa shape index (κ2) is 9.78. The number of nitrogens with one attached hydrogen (secondary N) is 1. The van der Waals surface area contributed by atoms with E-state index in [2.05, 4.69) is 41.1 Å². The van der Waals surface area contributed by atoms with Crippen LogP contribution in [0.25, 0.3) is 0 Å². The lowest BCUT2D eigenvalue weighted by molar-refractivity contribution is -0.117. The molecule has 0 saturated carbocycles. The fourth-order valence-electron chi connectivity index (χ4n) is 3.66. The van der Waals surface area contributed by atoms with Gasteiger partial charge in [-0.2, -0.15) is 0 Å². The first kappa shape index (κ1) is 20.5. The predicted octanol–water partition coefficient (Wildman–Crippen LogP) is 4.82. The fourth-order valence-corrected chi connectivity index (χ4v) is 3.66. The van der Waals surface area contributed by atoms with Gasteiger partial charge in [-0.05, 0) is 70.0 Å². The molecule has 28 heavy (non-hydrogen) atoms. The van der Waals surface area contributed by atoms with Gasteiger partial charge in [0.2, 0.25) is 5.91 Å². The molecule has 2 heterocycles. The van der Waals surface area contributed by atoms with E-state index in [1.165, 1.54) is 31.4 Å². The van der Waals surface area contributed by atoms with Crippen LogP contribution in [-0.4, -0.2) is 36.5 Å². The number of nitrogens with zero attached hydrogens (tertiary/aromatic N) is 2. The molecule has 5 heteroatoms. The Hall–Kier alpha value is -2.27. The predicted molar refractivity (Wildman–Crippen MR) is 115 cm³/mol. The average Bonchev–Trinajstić information content (AvgIpc) is 2.91. The van der Waals surface area contributed by atoms with Gasteiger partial charge in [0.15, 0.2) is 0 Å². The first-order valence-electron chi connectivity index (χ1n) is 10.5. The molecule has 0 atom stereocenters. The molecule has 1 N–H and O–H groups in total. The molecule has 1 aromatic heterocycles. The highest BCUT2D eigenvalue weighted by Crippen LogP contribution is 2.21. The number of hydrogen-bond acceptors (Lipinski definition) is 4. The summed E-state index contributed by atoms with van der Waals surface area (Å²) in [6.07, 6.45) is 5.18. The summed E-state index contributed by atoms with van der Waals surface area (Å²) in [5, 5.41) is 3.03. The van der Waals surface area contributed by atoms with Gasteiger partial charge < -0.3 is 14.6 Å². The number of furan rings is 1. The summed E-state index contributed by atoms with van der Waals surface area (Å²) >= 11 is 0. The van der Waals surface area contributed by atoms with Crippen molar-refractivity contribution in [2.45, 2.75) is 59.0 Å². The van der Waals surface area contributed by atoms with Gasteiger partial charge >= 0.3 is 0 Å². The van der Waals surface area contributed by atoms with Crippen LogP contribution in [0, 0.1) is 6.92 Å². The molecule has 1 aliphatic heterocycles. The molecule has 0 aliphatic carbocycles. The van der Waals surface area contributed by atoms with Crippen molar-refractivity contribution in [1.82, 2.24) is 4.90 Å². The molecule has 0 bridgehead atoms. The molecule has 1 saturated heterocycles. The lowest BCUT2D eigenvalue weighted by atomic mass is 10.2. The van der Waals surface area contributed by atoms with Crippen molar-refractivity contribution in [2.24, 2.45) is 0 Å². The summed E-state index contributed by atoms with van der Waals surface area (Å²) in [6.45, 7) is 9.35. The Morgan fingerprint density at radius 1 is 1.07 bits per heavy atom. The van der Waals surface area contributed by atoms with Gasteiger partial charge in [0.25, 0.3) is 0 Å². The number of carbonyl (C=O) groups excluding carboxylic acids is 1. The molecule has 1 aliphatic rings. The van der Waals surface area contributed by atoms with E-state index in [0.717, 1.165) is 30.3 Å². The van der Waals surface area contributed by atoms with E-state index in [1.807, 2.05) is 31.2 Å². The second-order valence-electron chi connectivity index (χ2n) is 8.01. The Morgan fingerprint density at radius 2 is 1.75 bits per heavy atom. The Kier molecular flexibility index (Phi) is 7.15. The molecular formula is C23H33N3O2. The standard InChI is InChI=1S/C23H33N3O2/c1-18(2)26(16-22-13-8-19(3)28-22)17-23(27)24-20-9-11-21(12-10-20)25-14-6-4-5-7-15-25/h8-13,18H,4-7,14-17H2,1-3H3,(H,24,27). The van der Waals surface area contributed by atoms with Gasteiger partial charge in [-0.3, -0.25) is 9.69 Å². The molecule has 2 aromatic rings. The minimum atomic E-state index is -0.000462. The van der Waals surface area contributed by atoms with Crippen molar-refractivity contribution in [1.29, 1.82) is 0 Å². The largest absolute Gasteiger partial charge is 0.465 e.